The first kappa shape index (κ1) is 60.2. The molecular weight excluding hydrogens is 769 g/mol. The zero-order valence-electron chi connectivity index (χ0n) is 41.9. The maximum absolute atomic E-state index is 12.8. The third-order valence-electron chi connectivity index (χ3n) is 12.5. The Balaban J connectivity index is 4.12. The number of unbranched alkanes of at least 4 members (excludes halogenated alkanes) is 38. The number of hydrogen-bond donors (Lipinski definition) is 0. The molecule has 1 unspecified atom stereocenters. The first-order valence-electron chi connectivity index (χ1n) is 27.7. The number of ether oxygens (including phenoxy) is 3. The van der Waals surface area contributed by atoms with Gasteiger partial charge in [-0.3, -0.25) is 14.4 Å². The van der Waals surface area contributed by atoms with E-state index in [4.69, 9.17) is 14.2 Å². The maximum Gasteiger partial charge on any atom is 0.306 e. The zero-order chi connectivity index (χ0) is 45.1. The van der Waals surface area contributed by atoms with E-state index in [0.29, 0.717) is 19.3 Å². The molecule has 366 valence electrons. The normalized spacial score (nSPS) is 12.0. The summed E-state index contributed by atoms with van der Waals surface area (Å²) in [4.78, 5) is 37.8. The highest BCUT2D eigenvalue weighted by atomic mass is 16.6. The summed E-state index contributed by atoms with van der Waals surface area (Å²) in [6, 6.07) is 0. The summed E-state index contributed by atoms with van der Waals surface area (Å²) in [5, 5.41) is 0. The van der Waals surface area contributed by atoms with Gasteiger partial charge in [-0.2, -0.15) is 0 Å². The van der Waals surface area contributed by atoms with Gasteiger partial charge in [0.1, 0.15) is 13.2 Å². The minimum absolute atomic E-state index is 0.0665. The summed E-state index contributed by atoms with van der Waals surface area (Å²) >= 11 is 0. The van der Waals surface area contributed by atoms with Crippen molar-refractivity contribution in [3.63, 3.8) is 0 Å². The Bertz CT molecular complexity index is 962. The fourth-order valence-corrected chi connectivity index (χ4v) is 8.32. The van der Waals surface area contributed by atoms with Crippen LogP contribution in [0.2, 0.25) is 0 Å². The van der Waals surface area contributed by atoms with Gasteiger partial charge >= 0.3 is 17.9 Å². The van der Waals surface area contributed by atoms with Crippen LogP contribution in [0.25, 0.3) is 0 Å². The number of carbonyl (C=O) groups excluding carboxylic acids is 3. The van der Waals surface area contributed by atoms with Crippen LogP contribution >= 0.6 is 0 Å². The summed E-state index contributed by atoms with van der Waals surface area (Å²) in [7, 11) is 0. The van der Waals surface area contributed by atoms with Gasteiger partial charge in [-0.15, -0.1) is 0 Å². The molecule has 0 amide bonds. The Labute approximate surface area is 386 Å². The van der Waals surface area contributed by atoms with Crippen LogP contribution in [0.15, 0.2) is 12.2 Å². The second kappa shape index (κ2) is 51.8. The maximum atomic E-state index is 12.8. The minimum atomic E-state index is -0.763. The molecule has 0 aliphatic carbocycles. The van der Waals surface area contributed by atoms with Crippen molar-refractivity contribution >= 4 is 17.9 Å². The van der Waals surface area contributed by atoms with Crippen LogP contribution in [0.5, 0.6) is 0 Å². The standard InChI is InChI=1S/C56H106O6/c1-4-7-10-13-16-18-20-22-24-26-28-30-32-34-36-38-40-43-46-49-55(58)61-52-53(51-60-54(57)48-45-42-15-12-9-6-3)62-56(59)50-47-44-41-39-37-35-33-31-29-27-25-23-21-19-17-14-11-8-5-2/h22,24,53H,4-21,23,25-52H2,1-3H3/b24-22-. The first-order valence-corrected chi connectivity index (χ1v) is 27.7. The van der Waals surface area contributed by atoms with Crippen molar-refractivity contribution < 1.29 is 28.6 Å². The van der Waals surface area contributed by atoms with Crippen molar-refractivity contribution in [2.45, 2.75) is 316 Å². The van der Waals surface area contributed by atoms with Gasteiger partial charge in [-0.05, 0) is 44.9 Å². The van der Waals surface area contributed by atoms with E-state index in [1.165, 1.54) is 212 Å². The molecule has 0 radical (unpaired) electrons. The van der Waals surface area contributed by atoms with Crippen LogP contribution in [0.3, 0.4) is 0 Å². The summed E-state index contributed by atoms with van der Waals surface area (Å²) in [6.45, 7) is 6.62. The monoisotopic (exact) mass is 875 g/mol. The lowest BCUT2D eigenvalue weighted by Crippen LogP contribution is -2.30. The molecule has 0 saturated heterocycles. The van der Waals surface area contributed by atoms with Crippen LogP contribution in [-0.2, 0) is 28.6 Å². The van der Waals surface area contributed by atoms with Crippen molar-refractivity contribution in [1.82, 2.24) is 0 Å². The lowest BCUT2D eigenvalue weighted by atomic mass is 10.0. The highest BCUT2D eigenvalue weighted by Gasteiger charge is 2.19. The quantitative estimate of drug-likeness (QED) is 0.0262. The molecule has 62 heavy (non-hydrogen) atoms. The Kier molecular flexibility index (Phi) is 50.2. The summed E-state index contributed by atoms with van der Waals surface area (Å²) in [5.41, 5.74) is 0. The van der Waals surface area contributed by atoms with Gasteiger partial charge in [0.25, 0.3) is 0 Å². The van der Waals surface area contributed by atoms with Crippen molar-refractivity contribution in [3.8, 4) is 0 Å². The smallest absolute Gasteiger partial charge is 0.306 e. The number of rotatable bonds is 51. The van der Waals surface area contributed by atoms with Crippen LogP contribution in [0.4, 0.5) is 0 Å². The zero-order valence-corrected chi connectivity index (χ0v) is 41.9. The van der Waals surface area contributed by atoms with Crippen molar-refractivity contribution in [2.24, 2.45) is 0 Å². The molecule has 0 bridgehead atoms. The van der Waals surface area contributed by atoms with E-state index in [9.17, 15) is 14.4 Å². The molecule has 6 heteroatoms. The SMILES string of the molecule is CCCCCCCC/C=C\CCCCCCCCCCCC(=O)OCC(COC(=O)CCCCCCCC)OC(=O)CCCCCCCCCCCCCCCCCCCCC. The number of hydrogen-bond acceptors (Lipinski definition) is 6. The van der Waals surface area contributed by atoms with Gasteiger partial charge < -0.3 is 14.2 Å². The van der Waals surface area contributed by atoms with Gasteiger partial charge in [-0.1, -0.05) is 258 Å². The molecule has 0 aliphatic heterocycles. The molecule has 6 nitrogen and oxygen atoms in total. The number of allylic oxidation sites excluding steroid dienone is 2. The lowest BCUT2D eigenvalue weighted by molar-refractivity contribution is -0.167. The summed E-state index contributed by atoms with van der Waals surface area (Å²) < 4.78 is 16.8. The summed E-state index contributed by atoms with van der Waals surface area (Å²) in [5.74, 6) is -0.858. The largest absolute Gasteiger partial charge is 0.462 e. The molecule has 0 aromatic rings. The Morgan fingerprint density at radius 2 is 0.532 bits per heavy atom. The van der Waals surface area contributed by atoms with Crippen molar-refractivity contribution in [3.05, 3.63) is 12.2 Å². The third-order valence-corrected chi connectivity index (χ3v) is 12.5. The van der Waals surface area contributed by atoms with E-state index in [2.05, 4.69) is 32.9 Å². The van der Waals surface area contributed by atoms with Crippen LogP contribution in [-0.4, -0.2) is 37.2 Å². The highest BCUT2D eigenvalue weighted by molar-refractivity contribution is 5.71. The van der Waals surface area contributed by atoms with Crippen LogP contribution in [0, 0.1) is 0 Å². The number of esters is 3. The van der Waals surface area contributed by atoms with E-state index in [0.717, 1.165) is 57.8 Å². The average Bonchev–Trinajstić information content (AvgIpc) is 3.27. The van der Waals surface area contributed by atoms with Gasteiger partial charge in [0.2, 0.25) is 0 Å². The molecule has 0 spiro atoms. The predicted octanol–water partition coefficient (Wildman–Crippen LogP) is 18.2. The molecule has 0 saturated carbocycles. The predicted molar refractivity (Wildman–Crippen MR) is 266 cm³/mol. The van der Waals surface area contributed by atoms with Gasteiger partial charge in [0.05, 0.1) is 0 Å². The van der Waals surface area contributed by atoms with E-state index in [1.807, 2.05) is 0 Å². The van der Waals surface area contributed by atoms with Crippen LogP contribution in [0.1, 0.15) is 310 Å². The van der Waals surface area contributed by atoms with Gasteiger partial charge in [-0.25, -0.2) is 0 Å². The van der Waals surface area contributed by atoms with Crippen molar-refractivity contribution in [2.75, 3.05) is 13.2 Å². The fourth-order valence-electron chi connectivity index (χ4n) is 8.32. The third kappa shape index (κ3) is 49.2. The Morgan fingerprint density at radius 1 is 0.306 bits per heavy atom. The Morgan fingerprint density at radius 3 is 0.806 bits per heavy atom. The molecule has 0 aromatic heterocycles. The van der Waals surface area contributed by atoms with E-state index >= 15 is 0 Å². The van der Waals surface area contributed by atoms with Crippen molar-refractivity contribution in [1.29, 1.82) is 0 Å². The molecule has 0 fully saturated rings. The van der Waals surface area contributed by atoms with E-state index < -0.39 is 6.10 Å². The molecule has 0 heterocycles. The summed E-state index contributed by atoms with van der Waals surface area (Å²) in [6.07, 6.45) is 58.0. The topological polar surface area (TPSA) is 78.9 Å². The molecule has 1 atom stereocenters. The molecule has 0 rings (SSSR count). The molecule has 0 aliphatic rings. The van der Waals surface area contributed by atoms with Gasteiger partial charge in [0, 0.05) is 19.3 Å². The number of carbonyl (C=O) groups is 3. The fraction of sp³-hybridized carbons (Fsp3) is 0.911. The van der Waals surface area contributed by atoms with E-state index in [-0.39, 0.29) is 31.1 Å². The molecular formula is C56H106O6. The van der Waals surface area contributed by atoms with Gasteiger partial charge in [0.15, 0.2) is 6.10 Å². The average molecular weight is 875 g/mol. The van der Waals surface area contributed by atoms with Crippen LogP contribution < -0.4 is 0 Å². The molecule has 0 N–H and O–H groups in total. The minimum Gasteiger partial charge on any atom is -0.462 e. The van der Waals surface area contributed by atoms with E-state index in [1.54, 1.807) is 0 Å². The Hall–Kier alpha value is -1.85. The first-order chi connectivity index (χ1) is 30.5. The second-order valence-corrected chi connectivity index (χ2v) is 18.9. The lowest BCUT2D eigenvalue weighted by Gasteiger charge is -2.18. The molecule has 0 aromatic carbocycles. The second-order valence-electron chi connectivity index (χ2n) is 18.9. The highest BCUT2D eigenvalue weighted by Crippen LogP contribution is 2.17.